The van der Waals surface area contributed by atoms with Gasteiger partial charge in [0, 0.05) is 18.1 Å². The second-order valence-electron chi connectivity index (χ2n) is 6.04. The summed E-state index contributed by atoms with van der Waals surface area (Å²) in [6.45, 7) is -0.0571. The number of halogens is 1. The van der Waals surface area contributed by atoms with Crippen molar-refractivity contribution in [3.63, 3.8) is 0 Å². The Kier molecular flexibility index (Phi) is 8.53. The highest BCUT2D eigenvalue weighted by Crippen LogP contribution is 2.28. The van der Waals surface area contributed by atoms with Gasteiger partial charge in [0.15, 0.2) is 12.2 Å². The van der Waals surface area contributed by atoms with Crippen molar-refractivity contribution in [3.05, 3.63) is 64.1 Å². The van der Waals surface area contributed by atoms with E-state index in [2.05, 4.69) is 15.9 Å². The van der Waals surface area contributed by atoms with Gasteiger partial charge in [0.05, 0.1) is 5.25 Å². The minimum atomic E-state index is -1.09. The first kappa shape index (κ1) is 22.0. The van der Waals surface area contributed by atoms with Crippen LogP contribution in [0.25, 0.3) is 0 Å². The van der Waals surface area contributed by atoms with Crippen LogP contribution in [0.2, 0.25) is 0 Å². The number of carbonyl (C=O) groups excluding carboxylic acids is 2. The second kappa shape index (κ2) is 10.9. The molecule has 0 aromatic heterocycles. The van der Waals surface area contributed by atoms with Crippen LogP contribution in [0.4, 0.5) is 0 Å². The van der Waals surface area contributed by atoms with E-state index >= 15 is 0 Å². The Morgan fingerprint density at radius 3 is 2.61 bits per heavy atom. The van der Waals surface area contributed by atoms with Crippen molar-refractivity contribution < 1.29 is 24.2 Å². The molecule has 0 fully saturated rings. The Hall–Kier alpha value is -2.32. The van der Waals surface area contributed by atoms with Gasteiger partial charge in [0.1, 0.15) is 5.75 Å². The van der Waals surface area contributed by atoms with Crippen molar-refractivity contribution >= 4 is 45.2 Å². The molecule has 1 atom stereocenters. The number of hydrogen-bond donors (Lipinski definition) is 1. The van der Waals surface area contributed by atoms with Crippen molar-refractivity contribution in [2.24, 2.45) is 0 Å². The number of thioether (sulfide) groups is 1. The van der Waals surface area contributed by atoms with Crippen molar-refractivity contribution in [2.75, 3.05) is 13.7 Å². The van der Waals surface area contributed by atoms with E-state index in [1.54, 1.807) is 30.1 Å². The van der Waals surface area contributed by atoms with Gasteiger partial charge in [-0.15, -0.1) is 0 Å². The Bertz CT molecular complexity index is 831. The second-order valence-corrected chi connectivity index (χ2v) is 7.99. The van der Waals surface area contributed by atoms with E-state index in [1.807, 2.05) is 30.3 Å². The van der Waals surface area contributed by atoms with E-state index in [1.165, 1.54) is 0 Å². The molecular formula is C20H20BrNO5S. The van der Waals surface area contributed by atoms with Gasteiger partial charge in [-0.25, -0.2) is 4.79 Å². The zero-order valence-electron chi connectivity index (χ0n) is 15.2. The van der Waals surface area contributed by atoms with Crippen LogP contribution in [0.1, 0.15) is 11.1 Å². The maximum absolute atomic E-state index is 12.9. The molecule has 0 bridgehead atoms. The molecule has 1 N–H and O–H groups in total. The molecule has 0 radical (unpaired) electrons. The van der Waals surface area contributed by atoms with Gasteiger partial charge in [-0.1, -0.05) is 58.0 Å². The van der Waals surface area contributed by atoms with E-state index < -0.39 is 17.8 Å². The SMILES string of the molecule is CN(Cc1ccccc1)C(=O)C(Cc1cc(Br)ccc1OCC(=O)O)SC=O. The number of ether oxygens (including phenoxy) is 1. The molecule has 2 aromatic carbocycles. The Labute approximate surface area is 176 Å². The highest BCUT2D eigenvalue weighted by atomic mass is 79.9. The first-order chi connectivity index (χ1) is 13.4. The molecule has 148 valence electrons. The lowest BCUT2D eigenvalue weighted by atomic mass is 10.1. The first-order valence-corrected chi connectivity index (χ1v) is 10.1. The summed E-state index contributed by atoms with van der Waals surface area (Å²) in [6, 6.07) is 14.7. The van der Waals surface area contributed by atoms with Crippen molar-refractivity contribution in [2.45, 2.75) is 18.2 Å². The summed E-state index contributed by atoms with van der Waals surface area (Å²) in [4.78, 5) is 36.4. The van der Waals surface area contributed by atoms with E-state index in [0.29, 0.717) is 23.5 Å². The largest absolute Gasteiger partial charge is 0.482 e. The van der Waals surface area contributed by atoms with Crippen LogP contribution in [0.3, 0.4) is 0 Å². The molecule has 0 saturated heterocycles. The summed E-state index contributed by atoms with van der Waals surface area (Å²) in [5, 5.41) is 8.20. The number of amides is 1. The lowest BCUT2D eigenvalue weighted by Gasteiger charge is -2.23. The standard InChI is InChI=1S/C20H20BrNO5S/c1-22(11-14-5-3-2-4-6-14)20(26)18(28-13-23)10-15-9-16(21)7-8-17(15)27-12-19(24)25/h2-9,13,18H,10-12H2,1H3,(H,24,25). The molecule has 1 unspecified atom stereocenters. The normalized spacial score (nSPS) is 11.5. The maximum atomic E-state index is 12.9. The summed E-state index contributed by atoms with van der Waals surface area (Å²) in [5.74, 6) is -0.905. The minimum absolute atomic E-state index is 0.190. The number of rotatable bonds is 10. The molecule has 0 aliphatic carbocycles. The Morgan fingerprint density at radius 1 is 1.25 bits per heavy atom. The van der Waals surface area contributed by atoms with Gasteiger partial charge >= 0.3 is 5.97 Å². The molecule has 0 saturated carbocycles. The minimum Gasteiger partial charge on any atom is -0.482 e. The number of benzene rings is 2. The number of carbonyl (C=O) groups is 3. The number of carboxylic acid groups (broad SMARTS) is 1. The Balaban J connectivity index is 2.17. The molecular weight excluding hydrogens is 446 g/mol. The van der Waals surface area contributed by atoms with Crippen LogP contribution < -0.4 is 4.74 Å². The van der Waals surface area contributed by atoms with Gasteiger partial charge in [-0.05, 0) is 35.7 Å². The van der Waals surface area contributed by atoms with Crippen LogP contribution in [0.15, 0.2) is 53.0 Å². The average Bonchev–Trinajstić information content (AvgIpc) is 2.67. The molecule has 1 amide bonds. The Morgan fingerprint density at radius 2 is 1.96 bits per heavy atom. The monoisotopic (exact) mass is 465 g/mol. The highest BCUT2D eigenvalue weighted by molar-refractivity contribution is 9.10. The molecule has 2 aromatic rings. The summed E-state index contributed by atoms with van der Waals surface area (Å²) in [6.07, 6.45) is 0.232. The molecule has 28 heavy (non-hydrogen) atoms. The van der Waals surface area contributed by atoms with Crippen molar-refractivity contribution in [1.82, 2.24) is 4.90 Å². The molecule has 2 rings (SSSR count). The van der Waals surface area contributed by atoms with Crippen LogP contribution in [-0.4, -0.2) is 46.4 Å². The summed E-state index contributed by atoms with van der Waals surface area (Å²) in [7, 11) is 1.69. The topological polar surface area (TPSA) is 83.9 Å². The maximum Gasteiger partial charge on any atom is 0.341 e. The fourth-order valence-electron chi connectivity index (χ4n) is 2.63. The van der Waals surface area contributed by atoms with Gasteiger partial charge in [-0.2, -0.15) is 0 Å². The van der Waals surface area contributed by atoms with Gasteiger partial charge in [0.2, 0.25) is 5.91 Å². The first-order valence-electron chi connectivity index (χ1n) is 8.41. The van der Waals surface area contributed by atoms with E-state index in [9.17, 15) is 14.4 Å². The fourth-order valence-corrected chi connectivity index (χ4v) is 3.74. The zero-order valence-corrected chi connectivity index (χ0v) is 17.6. The predicted octanol–water partition coefficient (Wildman–Crippen LogP) is 3.41. The number of hydrogen-bond acceptors (Lipinski definition) is 5. The van der Waals surface area contributed by atoms with Gasteiger partial charge in [0.25, 0.3) is 0 Å². The molecule has 6 nitrogen and oxygen atoms in total. The van der Waals surface area contributed by atoms with Gasteiger partial charge < -0.3 is 14.7 Å². The molecule has 8 heteroatoms. The molecule has 0 aliphatic heterocycles. The number of aliphatic carboxylic acids is 1. The van der Waals surface area contributed by atoms with E-state index in [4.69, 9.17) is 9.84 Å². The van der Waals surface area contributed by atoms with E-state index in [0.717, 1.165) is 21.8 Å². The summed E-state index contributed by atoms with van der Waals surface area (Å²) >= 11 is 4.27. The molecule has 0 spiro atoms. The third-order valence-electron chi connectivity index (χ3n) is 3.91. The van der Waals surface area contributed by atoms with Crippen LogP contribution in [0, 0.1) is 0 Å². The third-order valence-corrected chi connectivity index (χ3v) is 5.21. The quantitative estimate of drug-likeness (QED) is 0.541. The lowest BCUT2D eigenvalue weighted by molar-refractivity contribution is -0.139. The van der Waals surface area contributed by atoms with Crippen molar-refractivity contribution in [1.29, 1.82) is 0 Å². The number of carboxylic acids is 1. The smallest absolute Gasteiger partial charge is 0.341 e. The van der Waals surface area contributed by atoms with Crippen LogP contribution in [-0.2, 0) is 27.3 Å². The highest BCUT2D eigenvalue weighted by Gasteiger charge is 2.25. The zero-order chi connectivity index (χ0) is 20.5. The van der Waals surface area contributed by atoms with Crippen LogP contribution >= 0.6 is 27.7 Å². The third kappa shape index (κ3) is 6.69. The lowest BCUT2D eigenvalue weighted by Crippen LogP contribution is -2.35. The van der Waals surface area contributed by atoms with Gasteiger partial charge in [-0.3, -0.25) is 9.59 Å². The molecule has 0 aliphatic rings. The molecule has 0 heterocycles. The van der Waals surface area contributed by atoms with Crippen LogP contribution in [0.5, 0.6) is 5.75 Å². The summed E-state index contributed by atoms with van der Waals surface area (Å²) < 4.78 is 6.09. The summed E-state index contributed by atoms with van der Waals surface area (Å²) in [5.41, 5.74) is 2.28. The predicted molar refractivity (Wildman–Crippen MR) is 112 cm³/mol. The van der Waals surface area contributed by atoms with Crippen molar-refractivity contribution in [3.8, 4) is 5.75 Å². The average molecular weight is 466 g/mol. The number of nitrogens with zero attached hydrogens (tertiary/aromatic N) is 1. The fraction of sp³-hybridized carbons (Fsp3) is 0.250. The van der Waals surface area contributed by atoms with E-state index in [-0.39, 0.29) is 12.3 Å².